The minimum Gasteiger partial charge on any atom is -0.325 e. The molecule has 0 aromatic heterocycles. The molecule has 0 saturated heterocycles. The van der Waals surface area contributed by atoms with E-state index < -0.39 is 11.0 Å². The van der Waals surface area contributed by atoms with Crippen molar-refractivity contribution in [3.63, 3.8) is 0 Å². The summed E-state index contributed by atoms with van der Waals surface area (Å²) in [6.45, 7) is 7.24. The van der Waals surface area contributed by atoms with Gasteiger partial charge in [0.05, 0.1) is 11.0 Å². The highest BCUT2D eigenvalue weighted by atomic mass is 16.6. The van der Waals surface area contributed by atoms with Crippen LogP contribution in [0, 0.1) is 22.5 Å². The van der Waals surface area contributed by atoms with Crippen molar-refractivity contribution in [3.8, 4) is 0 Å². The van der Waals surface area contributed by atoms with Crippen LogP contribution in [-0.4, -0.2) is 16.9 Å². The van der Waals surface area contributed by atoms with Crippen LogP contribution in [0.2, 0.25) is 0 Å². The van der Waals surface area contributed by atoms with E-state index >= 15 is 0 Å². The van der Waals surface area contributed by atoms with Crippen LogP contribution in [0.5, 0.6) is 0 Å². The van der Waals surface area contributed by atoms with Crippen LogP contribution in [0.3, 0.4) is 0 Å². The Balaban J connectivity index is 2.87. The van der Waals surface area contributed by atoms with Crippen LogP contribution in [0.15, 0.2) is 18.2 Å². The van der Waals surface area contributed by atoms with E-state index in [1.54, 1.807) is 13.0 Å². The van der Waals surface area contributed by atoms with E-state index in [2.05, 4.69) is 5.32 Å². The molecule has 0 spiro atoms. The van der Waals surface area contributed by atoms with E-state index in [4.69, 9.17) is 5.73 Å². The molecule has 0 radical (unpaired) electrons. The summed E-state index contributed by atoms with van der Waals surface area (Å²) < 4.78 is 0. The second kappa shape index (κ2) is 5.36. The third kappa shape index (κ3) is 3.75. The molecule has 1 aromatic rings. The first-order valence-corrected chi connectivity index (χ1v) is 5.94. The van der Waals surface area contributed by atoms with Crippen LogP contribution in [0.4, 0.5) is 11.4 Å². The number of nitrogens with one attached hydrogen (secondary N) is 1. The number of nitrogens with two attached hydrogens (primary N) is 1. The molecule has 0 unspecified atom stereocenters. The molecular formula is C13H19N3O3. The molecule has 0 aliphatic heterocycles. The summed E-state index contributed by atoms with van der Waals surface area (Å²) in [5.41, 5.74) is 6.52. The molecule has 1 amide bonds. The zero-order valence-electron chi connectivity index (χ0n) is 11.6. The molecule has 0 aliphatic carbocycles. The highest BCUT2D eigenvalue weighted by Gasteiger charge is 2.27. The molecule has 1 rings (SSSR count). The van der Waals surface area contributed by atoms with E-state index in [1.165, 1.54) is 12.1 Å². The van der Waals surface area contributed by atoms with E-state index in [-0.39, 0.29) is 17.0 Å². The Morgan fingerprint density at radius 3 is 2.42 bits per heavy atom. The van der Waals surface area contributed by atoms with Gasteiger partial charge in [0, 0.05) is 17.3 Å². The topological polar surface area (TPSA) is 98.3 Å². The SMILES string of the molecule is Cc1cc(NC(=O)[C@H](N)C(C)(C)C)ccc1[N+](=O)[O-]. The van der Waals surface area contributed by atoms with Gasteiger partial charge >= 0.3 is 0 Å². The van der Waals surface area contributed by atoms with Crippen LogP contribution in [-0.2, 0) is 4.79 Å². The van der Waals surface area contributed by atoms with Crippen molar-refractivity contribution in [1.29, 1.82) is 0 Å². The van der Waals surface area contributed by atoms with Crippen molar-refractivity contribution in [2.24, 2.45) is 11.1 Å². The summed E-state index contributed by atoms with van der Waals surface area (Å²) in [6, 6.07) is 3.78. The van der Waals surface area contributed by atoms with Gasteiger partial charge in [0.1, 0.15) is 0 Å². The van der Waals surface area contributed by atoms with Crippen molar-refractivity contribution >= 4 is 17.3 Å². The second-order valence-corrected chi connectivity index (χ2v) is 5.59. The van der Waals surface area contributed by atoms with Crippen molar-refractivity contribution in [2.75, 3.05) is 5.32 Å². The van der Waals surface area contributed by atoms with Gasteiger partial charge in [-0.3, -0.25) is 14.9 Å². The number of rotatable bonds is 3. The smallest absolute Gasteiger partial charge is 0.272 e. The minimum absolute atomic E-state index is 0.0260. The van der Waals surface area contributed by atoms with Crippen LogP contribution >= 0.6 is 0 Å². The zero-order valence-corrected chi connectivity index (χ0v) is 11.6. The largest absolute Gasteiger partial charge is 0.325 e. The molecular weight excluding hydrogens is 246 g/mol. The highest BCUT2D eigenvalue weighted by molar-refractivity contribution is 5.95. The Hall–Kier alpha value is -1.95. The maximum Gasteiger partial charge on any atom is 0.272 e. The Morgan fingerprint density at radius 1 is 1.42 bits per heavy atom. The fourth-order valence-electron chi connectivity index (χ4n) is 1.55. The van der Waals surface area contributed by atoms with Crippen molar-refractivity contribution in [1.82, 2.24) is 0 Å². The standard InChI is InChI=1S/C13H19N3O3/c1-8-7-9(5-6-10(8)16(18)19)15-12(17)11(14)13(2,3)4/h5-7,11H,14H2,1-4H3,(H,15,17)/t11-/m0/s1. The maximum atomic E-state index is 11.9. The van der Waals surface area contributed by atoms with Gasteiger partial charge in [-0.15, -0.1) is 0 Å². The molecule has 0 fully saturated rings. The van der Waals surface area contributed by atoms with Gasteiger partial charge in [0.2, 0.25) is 5.91 Å². The fraction of sp³-hybridized carbons (Fsp3) is 0.462. The first kappa shape index (κ1) is 15.1. The third-order valence-corrected chi connectivity index (χ3v) is 2.88. The molecule has 19 heavy (non-hydrogen) atoms. The summed E-state index contributed by atoms with van der Waals surface area (Å²) in [7, 11) is 0. The average Bonchev–Trinajstić information content (AvgIpc) is 2.26. The number of carbonyl (C=O) groups excluding carboxylic acids is 1. The highest BCUT2D eigenvalue weighted by Crippen LogP contribution is 2.23. The molecule has 3 N–H and O–H groups in total. The second-order valence-electron chi connectivity index (χ2n) is 5.59. The van der Waals surface area contributed by atoms with Crippen LogP contribution in [0.25, 0.3) is 0 Å². The molecule has 0 heterocycles. The monoisotopic (exact) mass is 265 g/mol. The van der Waals surface area contributed by atoms with Gasteiger partial charge in [-0.1, -0.05) is 20.8 Å². The third-order valence-electron chi connectivity index (χ3n) is 2.88. The average molecular weight is 265 g/mol. The lowest BCUT2D eigenvalue weighted by molar-refractivity contribution is -0.385. The number of nitrogens with zero attached hydrogens (tertiary/aromatic N) is 1. The van der Waals surface area contributed by atoms with Crippen molar-refractivity contribution in [3.05, 3.63) is 33.9 Å². The van der Waals surface area contributed by atoms with E-state index in [1.807, 2.05) is 20.8 Å². The minimum atomic E-state index is -0.650. The summed E-state index contributed by atoms with van der Waals surface area (Å²) in [5.74, 6) is -0.305. The molecule has 0 aliphatic rings. The summed E-state index contributed by atoms with van der Waals surface area (Å²) in [4.78, 5) is 22.2. The molecule has 6 heteroatoms. The van der Waals surface area contributed by atoms with Gasteiger partial charge in [-0.25, -0.2) is 0 Å². The molecule has 0 bridgehead atoms. The number of benzene rings is 1. The van der Waals surface area contributed by atoms with Crippen LogP contribution < -0.4 is 11.1 Å². The normalized spacial score (nSPS) is 12.9. The zero-order chi connectivity index (χ0) is 14.8. The Morgan fingerprint density at radius 2 is 2.00 bits per heavy atom. The number of anilines is 1. The number of carbonyl (C=O) groups is 1. The molecule has 1 atom stereocenters. The first-order valence-electron chi connectivity index (χ1n) is 5.94. The van der Waals surface area contributed by atoms with Gasteiger partial charge in [-0.05, 0) is 24.5 Å². The lowest BCUT2D eigenvalue weighted by Gasteiger charge is -2.25. The number of amides is 1. The Bertz CT molecular complexity index is 506. The summed E-state index contributed by atoms with van der Waals surface area (Å²) in [6.07, 6.45) is 0. The maximum absolute atomic E-state index is 11.9. The number of aryl methyl sites for hydroxylation is 1. The van der Waals surface area contributed by atoms with Gasteiger partial charge in [0.25, 0.3) is 5.69 Å². The van der Waals surface area contributed by atoms with Gasteiger partial charge in [0.15, 0.2) is 0 Å². The molecule has 104 valence electrons. The lowest BCUT2D eigenvalue weighted by atomic mass is 9.87. The number of nitro benzene ring substituents is 1. The number of hydrogen-bond donors (Lipinski definition) is 2. The van der Waals surface area contributed by atoms with Crippen LogP contribution in [0.1, 0.15) is 26.3 Å². The quantitative estimate of drug-likeness (QED) is 0.646. The first-order chi connectivity index (χ1) is 8.62. The molecule has 6 nitrogen and oxygen atoms in total. The van der Waals surface area contributed by atoms with E-state index in [0.29, 0.717) is 11.3 Å². The predicted molar refractivity (Wildman–Crippen MR) is 73.9 cm³/mol. The number of nitro groups is 1. The van der Waals surface area contributed by atoms with Gasteiger partial charge < -0.3 is 11.1 Å². The molecule has 1 aromatic carbocycles. The number of hydrogen-bond acceptors (Lipinski definition) is 4. The summed E-state index contributed by atoms with van der Waals surface area (Å²) >= 11 is 0. The van der Waals surface area contributed by atoms with Gasteiger partial charge in [-0.2, -0.15) is 0 Å². The fourth-order valence-corrected chi connectivity index (χ4v) is 1.55. The predicted octanol–water partition coefficient (Wildman–Crippen LogP) is 2.22. The Kier molecular flexibility index (Phi) is 4.26. The van der Waals surface area contributed by atoms with Crippen molar-refractivity contribution < 1.29 is 9.72 Å². The lowest BCUT2D eigenvalue weighted by Crippen LogP contribution is -2.45. The van der Waals surface area contributed by atoms with Crippen molar-refractivity contribution in [2.45, 2.75) is 33.7 Å². The molecule has 0 saturated carbocycles. The van der Waals surface area contributed by atoms with E-state index in [0.717, 1.165) is 0 Å². The summed E-state index contributed by atoms with van der Waals surface area (Å²) in [5, 5.41) is 13.4. The Labute approximate surface area is 112 Å². The van der Waals surface area contributed by atoms with E-state index in [9.17, 15) is 14.9 Å².